The summed E-state index contributed by atoms with van der Waals surface area (Å²) >= 11 is 9.07. The van der Waals surface area contributed by atoms with E-state index in [1.807, 2.05) is 47.0 Å². The summed E-state index contributed by atoms with van der Waals surface area (Å²) in [5, 5.41) is 0. The minimum atomic E-state index is -0.114. The standard InChI is InChI=1S/C29H29S2.C28H27S2.C27H25S2.2C26H23S2/c1-22-10-18-27(19-11-22)31(26-8-6-5-7-9-26)28-20-16-25(17-21-28)30-24-14-12-23(13-15-24)29(2,3)4;1-28(2,3)22-14-18-26(19-15-22)30(25-12-8-5-9-13-25)27-20-16-24(17-21-27)29-23-10-6-4-7-11-23;1-20-4-10-23(11-5-20)28-24-12-18-27(19-13-24)29(25-14-6-21(2)7-15-25)26-16-8-22(3)9-17-26;1-20-8-14-24(15-9-20)28(25-16-10-21(2)11-17-25)26-18-12-23(13-19-26)27-22-6-4-3-5-7-22;1-20-8-12-22(13-9-20)27-23-14-18-26(19-15-23)28(24-6-4-3-5-7-24)25-16-10-21(2)11-17-25/h5-21H,1-4H3;4-21H,1-3H3;4-19H,1-3H3;2*3-19H,1-2H3/q5*+1. The SMILES string of the molecule is CC(C)(C)c1ccc([S+](c2ccccc2)c2ccc(Sc3ccccc3)cc2)cc1.Cc1ccc(Sc2ccc([S+](c3ccc(C)cc3)c3ccc(C)cc3)cc2)cc1.Cc1ccc(Sc2ccc([S+](c3ccccc3)c3ccc(C)cc3)cc2)cc1.Cc1ccc([S+](c2ccc(C)cc2)c2ccc(Sc3ccccc3)cc2)cc1.Cc1ccc([S+](c2ccccc2)c2ccc(Sc3ccc(C(C)(C)C)cc3)cc2)cc1. The molecule has 0 N–H and O–H groups in total. The highest BCUT2D eigenvalue weighted by molar-refractivity contribution is 8.01. The van der Waals surface area contributed by atoms with Crippen molar-refractivity contribution in [3.63, 3.8) is 0 Å². The van der Waals surface area contributed by atoms with Crippen molar-refractivity contribution in [2.45, 2.75) is 230 Å². The molecule has 0 saturated heterocycles. The lowest BCUT2D eigenvalue weighted by Gasteiger charge is -2.19. The Hall–Kier alpha value is -12.1. The number of aryl methyl sites for hydroxylation is 8. The largest absolute Gasteiger partial charge is 0.166 e. The third kappa shape index (κ3) is 31.0. The highest BCUT2D eigenvalue weighted by atomic mass is 32.2. The molecule has 20 aromatic carbocycles. The molecule has 0 fully saturated rings. The van der Waals surface area contributed by atoms with Gasteiger partial charge < -0.3 is 0 Å². The fraction of sp³-hybridized carbons (Fsp3) is 0.118. The normalized spacial score (nSPS) is 11.8. The maximum atomic E-state index is 2.31. The van der Waals surface area contributed by atoms with E-state index in [0.717, 1.165) is 0 Å². The molecule has 0 radical (unpaired) electrons. The van der Waals surface area contributed by atoms with Crippen LogP contribution in [0.5, 0.6) is 0 Å². The molecule has 0 saturated carbocycles. The summed E-state index contributed by atoms with van der Waals surface area (Å²) in [6.07, 6.45) is 0. The second-order valence-corrected chi connectivity index (χ2v) is 53.9. The van der Waals surface area contributed by atoms with Gasteiger partial charge in [-0.25, -0.2) is 0 Å². The van der Waals surface area contributed by atoms with Gasteiger partial charge in [-0.1, -0.05) is 357 Å². The quantitative estimate of drug-likeness (QED) is 0.0522. The van der Waals surface area contributed by atoms with Crippen molar-refractivity contribution in [3.05, 3.63) is 571 Å². The summed E-state index contributed by atoms with van der Waals surface area (Å²) in [5.41, 5.74) is 13.5. The van der Waals surface area contributed by atoms with Gasteiger partial charge in [-0.3, -0.25) is 0 Å². The molecule has 0 spiro atoms. The van der Waals surface area contributed by atoms with Gasteiger partial charge in [-0.2, -0.15) is 0 Å². The van der Waals surface area contributed by atoms with Gasteiger partial charge in [0.15, 0.2) is 73.4 Å². The minimum Gasteiger partial charge on any atom is -0.0901 e. The summed E-state index contributed by atoms with van der Waals surface area (Å²) < 4.78 is 0. The van der Waals surface area contributed by atoms with Crippen LogP contribution in [-0.4, -0.2) is 0 Å². The Morgan fingerprint density at radius 3 is 0.377 bits per heavy atom. The van der Waals surface area contributed by atoms with E-state index < -0.39 is 0 Å². The molecule has 146 heavy (non-hydrogen) atoms. The predicted molar refractivity (Wildman–Crippen MR) is 636 cm³/mol. The third-order valence-electron chi connectivity index (χ3n) is 24.2. The molecule has 0 aliphatic carbocycles. The van der Waals surface area contributed by atoms with E-state index >= 15 is 0 Å². The predicted octanol–water partition coefficient (Wildman–Crippen LogP) is 39.7. The molecular weight excluding hydrogens is 1950 g/mol. The molecule has 0 aliphatic rings. The van der Waals surface area contributed by atoms with E-state index in [0.29, 0.717) is 0 Å². The number of benzene rings is 20. The number of rotatable bonds is 25. The van der Waals surface area contributed by atoms with Gasteiger partial charge >= 0.3 is 0 Å². The lowest BCUT2D eigenvalue weighted by atomic mass is 9.87. The molecular formula is C136H127S10+5. The second kappa shape index (κ2) is 52.5. The van der Waals surface area contributed by atoms with Gasteiger partial charge in [-0.15, -0.1) is 0 Å². The molecule has 0 nitrogen and oxygen atoms in total. The van der Waals surface area contributed by atoms with Crippen LogP contribution >= 0.6 is 58.8 Å². The Morgan fingerprint density at radius 1 is 0.116 bits per heavy atom. The van der Waals surface area contributed by atoms with Crippen LogP contribution < -0.4 is 0 Å². The Bertz CT molecular complexity index is 7270. The van der Waals surface area contributed by atoms with Crippen molar-refractivity contribution in [1.29, 1.82) is 0 Å². The average molecular weight is 2080 g/mol. The lowest BCUT2D eigenvalue weighted by Crippen LogP contribution is -2.11. The Balaban J connectivity index is 0.000000131. The van der Waals surface area contributed by atoms with Crippen LogP contribution in [0, 0.1) is 55.4 Å². The first-order valence-corrected chi connectivity index (χ1v) is 59.7. The monoisotopic (exact) mass is 2080 g/mol. The van der Waals surface area contributed by atoms with E-state index in [2.05, 4.69) is 613 Å². The fourth-order valence-corrected chi connectivity index (χ4v) is 30.4. The van der Waals surface area contributed by atoms with Crippen molar-refractivity contribution in [3.8, 4) is 0 Å². The van der Waals surface area contributed by atoms with Crippen molar-refractivity contribution in [2.75, 3.05) is 0 Å². The van der Waals surface area contributed by atoms with Crippen LogP contribution in [0.4, 0.5) is 0 Å². The first kappa shape index (κ1) is 107. The summed E-state index contributed by atoms with van der Waals surface area (Å²) in [7, 11) is -0.497. The Morgan fingerprint density at radius 2 is 0.219 bits per heavy atom. The van der Waals surface area contributed by atoms with Gasteiger partial charge in [-0.05, 0) is 381 Å². The van der Waals surface area contributed by atoms with Crippen LogP contribution in [-0.2, 0) is 65.3 Å². The van der Waals surface area contributed by atoms with Gasteiger partial charge in [0.1, 0.15) is 0 Å². The van der Waals surface area contributed by atoms with Crippen LogP contribution in [0.1, 0.15) is 97.2 Å². The fourth-order valence-electron chi connectivity index (χ4n) is 16.0. The molecule has 3 atom stereocenters. The van der Waals surface area contributed by atoms with Crippen LogP contribution in [0.3, 0.4) is 0 Å². The summed E-state index contributed by atoms with van der Waals surface area (Å²) in [6.45, 7) is 30.7. The third-order valence-corrected chi connectivity index (χ3v) is 40.4. The van der Waals surface area contributed by atoms with Crippen LogP contribution in [0.15, 0.2) is 638 Å². The van der Waals surface area contributed by atoms with E-state index in [-0.39, 0.29) is 65.3 Å². The van der Waals surface area contributed by atoms with Crippen molar-refractivity contribution in [2.24, 2.45) is 0 Å². The molecule has 0 amide bonds. The number of hydrogen-bond acceptors (Lipinski definition) is 5. The molecule has 0 heterocycles. The van der Waals surface area contributed by atoms with Crippen LogP contribution in [0.2, 0.25) is 0 Å². The van der Waals surface area contributed by atoms with E-state index in [4.69, 9.17) is 0 Å². The highest BCUT2D eigenvalue weighted by Gasteiger charge is 2.35. The first-order valence-electron chi connectivity index (χ1n) is 49.5. The zero-order chi connectivity index (χ0) is 102. The smallest absolute Gasteiger partial charge is 0.0901 e. The Labute approximate surface area is 905 Å². The van der Waals surface area contributed by atoms with Crippen molar-refractivity contribution in [1.82, 2.24) is 0 Å². The van der Waals surface area contributed by atoms with Crippen LogP contribution in [0.25, 0.3) is 0 Å². The first-order chi connectivity index (χ1) is 70.9. The zero-order valence-electron chi connectivity index (χ0n) is 85.7. The van der Waals surface area contributed by atoms with Gasteiger partial charge in [0.2, 0.25) is 0 Å². The molecule has 0 bridgehead atoms. The van der Waals surface area contributed by atoms with E-state index in [9.17, 15) is 0 Å². The topological polar surface area (TPSA) is 0 Å². The van der Waals surface area contributed by atoms with Gasteiger partial charge in [0, 0.05) is 49.0 Å². The van der Waals surface area contributed by atoms with E-state index in [1.54, 1.807) is 11.8 Å². The molecule has 726 valence electrons. The van der Waals surface area contributed by atoms with Crippen molar-refractivity contribution < 1.29 is 0 Å². The molecule has 10 heteroatoms. The molecule has 0 aliphatic heterocycles. The average Bonchev–Trinajstić information content (AvgIpc) is 0.805. The maximum absolute atomic E-state index is 2.31. The second-order valence-electron chi connectivity index (χ2n) is 38.0. The molecule has 20 aromatic rings. The van der Waals surface area contributed by atoms with Gasteiger partial charge in [0.05, 0.1) is 54.5 Å². The van der Waals surface area contributed by atoms with E-state index in [1.165, 1.54) is 178 Å². The molecule has 0 aromatic heterocycles. The summed E-state index contributed by atoms with van der Waals surface area (Å²) in [4.78, 5) is 33.0. The maximum Gasteiger partial charge on any atom is 0.166 e. The minimum absolute atomic E-state index is 0.0900. The highest BCUT2D eigenvalue weighted by Crippen LogP contribution is 2.43. The molecule has 3 unspecified atom stereocenters. The lowest BCUT2D eigenvalue weighted by molar-refractivity contribution is 0.589. The number of hydrogen-bond donors (Lipinski definition) is 0. The Kier molecular flexibility index (Phi) is 38.3. The van der Waals surface area contributed by atoms with Crippen molar-refractivity contribution >= 4 is 113 Å². The summed E-state index contributed by atoms with van der Waals surface area (Å²) in [5.74, 6) is 0. The summed E-state index contributed by atoms with van der Waals surface area (Å²) in [6, 6.07) is 188. The zero-order valence-corrected chi connectivity index (χ0v) is 93.8. The van der Waals surface area contributed by atoms with Gasteiger partial charge in [0.25, 0.3) is 0 Å². The molecule has 20 rings (SSSR count).